The Morgan fingerprint density at radius 1 is 1.19 bits per heavy atom. The second-order valence-corrected chi connectivity index (χ2v) is 7.88. The summed E-state index contributed by atoms with van der Waals surface area (Å²) in [6.45, 7) is 2.92. The van der Waals surface area contributed by atoms with Gasteiger partial charge in [0.15, 0.2) is 0 Å². The van der Waals surface area contributed by atoms with Crippen LogP contribution in [0.25, 0.3) is 10.9 Å². The molecule has 1 aliphatic rings. The molecule has 0 aliphatic carbocycles. The number of amides is 2. The molecule has 2 amide bonds. The number of benzene rings is 2. The molecule has 3 N–H and O–H groups in total. The predicted molar refractivity (Wildman–Crippen MR) is 119 cm³/mol. The van der Waals surface area contributed by atoms with Gasteiger partial charge in [0.1, 0.15) is 24.2 Å². The lowest BCUT2D eigenvalue weighted by atomic mass is 10.1. The quantitative estimate of drug-likeness (QED) is 0.609. The van der Waals surface area contributed by atoms with E-state index in [1.54, 1.807) is 12.1 Å². The molecule has 0 spiro atoms. The maximum absolute atomic E-state index is 12.1. The van der Waals surface area contributed by atoms with E-state index < -0.39 is 12.0 Å². The molecule has 3 aromatic rings. The number of carbonyl (C=O) groups excluding carboxylic acids is 1. The molecule has 8 nitrogen and oxygen atoms in total. The summed E-state index contributed by atoms with van der Waals surface area (Å²) in [5, 5.41) is 9.99. The van der Waals surface area contributed by atoms with Crippen LogP contribution in [0.3, 0.4) is 0 Å². The lowest BCUT2D eigenvalue weighted by molar-refractivity contribution is 0.0799. The number of pyridine rings is 1. The molecule has 166 valence electrons. The Morgan fingerprint density at radius 2 is 1.97 bits per heavy atom. The van der Waals surface area contributed by atoms with Crippen molar-refractivity contribution >= 4 is 22.9 Å². The Kier molecular flexibility index (Phi) is 6.11. The zero-order valence-corrected chi connectivity index (χ0v) is 17.8. The number of aryl methyl sites for hydroxylation is 1. The molecule has 1 atom stereocenters. The first-order valence-electron chi connectivity index (χ1n) is 10.5. The number of fused-ring (bicyclic) bond motifs is 1. The summed E-state index contributed by atoms with van der Waals surface area (Å²) in [7, 11) is 0. The smallest absolute Gasteiger partial charge is 0.407 e. The van der Waals surface area contributed by atoms with E-state index in [1.165, 1.54) is 4.90 Å². The van der Waals surface area contributed by atoms with Gasteiger partial charge in [-0.1, -0.05) is 30.3 Å². The minimum absolute atomic E-state index is 0.243. The summed E-state index contributed by atoms with van der Waals surface area (Å²) in [6.07, 6.45) is 0.269. The lowest BCUT2D eigenvalue weighted by Gasteiger charge is -2.31. The molecule has 0 radical (unpaired) electrons. The van der Waals surface area contributed by atoms with Gasteiger partial charge in [-0.3, -0.25) is 9.78 Å². The van der Waals surface area contributed by atoms with Crippen LogP contribution in [-0.2, 0) is 6.61 Å². The van der Waals surface area contributed by atoms with Crippen molar-refractivity contribution in [2.24, 2.45) is 5.73 Å². The van der Waals surface area contributed by atoms with Crippen molar-refractivity contribution in [2.45, 2.75) is 32.5 Å². The van der Waals surface area contributed by atoms with E-state index in [0.29, 0.717) is 41.2 Å². The van der Waals surface area contributed by atoms with Gasteiger partial charge in [-0.2, -0.15) is 0 Å². The first-order valence-corrected chi connectivity index (χ1v) is 10.5. The molecule has 1 unspecified atom stereocenters. The summed E-state index contributed by atoms with van der Waals surface area (Å²) < 4.78 is 12.2. The van der Waals surface area contributed by atoms with Crippen molar-refractivity contribution in [1.29, 1.82) is 0 Å². The third-order valence-electron chi connectivity index (χ3n) is 5.45. The minimum atomic E-state index is -0.947. The normalized spacial score (nSPS) is 16.0. The number of ether oxygens (including phenoxy) is 2. The van der Waals surface area contributed by atoms with E-state index >= 15 is 0 Å². The van der Waals surface area contributed by atoms with Gasteiger partial charge < -0.3 is 25.2 Å². The van der Waals surface area contributed by atoms with Crippen molar-refractivity contribution in [2.75, 3.05) is 13.1 Å². The summed E-state index contributed by atoms with van der Waals surface area (Å²) in [6, 6.07) is 14.8. The number of primary amides is 1. The Balaban J connectivity index is 1.68. The molecular weight excluding hydrogens is 410 g/mol. The molecule has 0 bridgehead atoms. The number of nitrogens with two attached hydrogens (primary N) is 1. The van der Waals surface area contributed by atoms with Crippen molar-refractivity contribution < 1.29 is 24.2 Å². The molecule has 2 heterocycles. The van der Waals surface area contributed by atoms with Crippen molar-refractivity contribution in [3.8, 4) is 11.5 Å². The second kappa shape index (κ2) is 9.13. The van der Waals surface area contributed by atoms with Gasteiger partial charge in [0, 0.05) is 23.7 Å². The predicted octanol–water partition coefficient (Wildman–Crippen LogP) is 3.74. The molecule has 1 fully saturated rings. The average Bonchev–Trinajstić information content (AvgIpc) is 2.78. The molecule has 2 aromatic carbocycles. The monoisotopic (exact) mass is 435 g/mol. The van der Waals surface area contributed by atoms with Crippen LogP contribution in [0.5, 0.6) is 11.5 Å². The standard InChI is InChI=1S/C24H25N3O5/c1-15-10-22(32-17-8-5-9-27(13-17)24(29)30)18-12-21(19(23(25)28)11-20(18)26-15)31-14-16-6-3-2-4-7-16/h2-4,6-7,10-12,17H,5,8-9,13-14H2,1H3,(H2,25,28)(H,29,30). The number of carboxylic acid groups (broad SMARTS) is 1. The Bertz CT molecular complexity index is 1150. The van der Waals surface area contributed by atoms with E-state index in [9.17, 15) is 14.7 Å². The maximum Gasteiger partial charge on any atom is 0.407 e. The van der Waals surface area contributed by atoms with Gasteiger partial charge in [0.05, 0.1) is 17.6 Å². The summed E-state index contributed by atoms with van der Waals surface area (Å²) >= 11 is 0. The third kappa shape index (κ3) is 4.74. The lowest BCUT2D eigenvalue weighted by Crippen LogP contribution is -2.43. The first kappa shape index (κ1) is 21.4. The molecular formula is C24H25N3O5. The molecule has 4 rings (SSSR count). The highest BCUT2D eigenvalue weighted by Gasteiger charge is 2.25. The number of likely N-dealkylation sites (tertiary alicyclic amines) is 1. The van der Waals surface area contributed by atoms with Crippen molar-refractivity contribution in [3.05, 3.63) is 65.4 Å². The van der Waals surface area contributed by atoms with Crippen LogP contribution in [-0.4, -0.2) is 46.2 Å². The third-order valence-corrected chi connectivity index (χ3v) is 5.45. The number of carbonyl (C=O) groups is 2. The van der Waals surface area contributed by atoms with Gasteiger partial charge in [-0.25, -0.2) is 4.79 Å². The second-order valence-electron chi connectivity index (χ2n) is 7.88. The molecule has 1 aliphatic heterocycles. The highest BCUT2D eigenvalue weighted by atomic mass is 16.5. The van der Waals surface area contributed by atoms with E-state index in [0.717, 1.165) is 18.4 Å². The number of nitrogens with zero attached hydrogens (tertiary/aromatic N) is 2. The molecule has 1 saturated heterocycles. The molecule has 8 heteroatoms. The SMILES string of the molecule is Cc1cc(OC2CCCN(C(=O)O)C2)c2cc(OCc3ccccc3)c(C(N)=O)cc2n1. The molecule has 32 heavy (non-hydrogen) atoms. The Hall–Kier alpha value is -3.81. The molecule has 1 aromatic heterocycles. The minimum Gasteiger partial charge on any atom is -0.488 e. The van der Waals surface area contributed by atoms with Crippen LogP contribution in [0.1, 0.15) is 34.5 Å². The van der Waals surface area contributed by atoms with Gasteiger partial charge in [0.2, 0.25) is 0 Å². The maximum atomic E-state index is 12.1. The van der Waals surface area contributed by atoms with Crippen LogP contribution < -0.4 is 15.2 Å². The zero-order valence-electron chi connectivity index (χ0n) is 17.8. The number of hydrogen-bond acceptors (Lipinski definition) is 5. The largest absolute Gasteiger partial charge is 0.488 e. The topological polar surface area (TPSA) is 115 Å². The van der Waals surface area contributed by atoms with Crippen LogP contribution in [0.4, 0.5) is 4.79 Å². The van der Waals surface area contributed by atoms with Gasteiger partial charge in [-0.15, -0.1) is 0 Å². The fourth-order valence-corrected chi connectivity index (χ4v) is 3.88. The van der Waals surface area contributed by atoms with Crippen LogP contribution in [0.15, 0.2) is 48.5 Å². The highest BCUT2D eigenvalue weighted by Crippen LogP contribution is 2.33. The first-order chi connectivity index (χ1) is 15.4. The van der Waals surface area contributed by atoms with Crippen LogP contribution >= 0.6 is 0 Å². The average molecular weight is 435 g/mol. The number of hydrogen-bond donors (Lipinski definition) is 2. The summed E-state index contributed by atoms with van der Waals surface area (Å²) in [5.74, 6) is 0.315. The van der Waals surface area contributed by atoms with E-state index in [2.05, 4.69) is 4.98 Å². The van der Waals surface area contributed by atoms with Gasteiger partial charge in [-0.05, 0) is 37.5 Å². The van der Waals surface area contributed by atoms with Gasteiger partial charge in [0.25, 0.3) is 5.91 Å². The van der Waals surface area contributed by atoms with E-state index in [1.807, 2.05) is 43.3 Å². The summed E-state index contributed by atoms with van der Waals surface area (Å²) in [5.41, 5.74) is 8.08. The number of piperidine rings is 1. The van der Waals surface area contributed by atoms with Crippen molar-refractivity contribution in [1.82, 2.24) is 9.88 Å². The fourth-order valence-electron chi connectivity index (χ4n) is 3.88. The van der Waals surface area contributed by atoms with Crippen molar-refractivity contribution in [3.63, 3.8) is 0 Å². The highest BCUT2D eigenvalue weighted by molar-refractivity contribution is 6.01. The number of aromatic nitrogens is 1. The molecule has 0 saturated carbocycles. The van der Waals surface area contributed by atoms with Crippen LogP contribution in [0, 0.1) is 6.92 Å². The van der Waals surface area contributed by atoms with Gasteiger partial charge >= 0.3 is 6.09 Å². The Morgan fingerprint density at radius 3 is 2.69 bits per heavy atom. The Labute approximate surface area is 185 Å². The zero-order chi connectivity index (χ0) is 22.7. The van der Waals surface area contributed by atoms with E-state index in [4.69, 9.17) is 15.2 Å². The fraction of sp³-hybridized carbons (Fsp3) is 0.292. The van der Waals surface area contributed by atoms with Crippen LogP contribution in [0.2, 0.25) is 0 Å². The summed E-state index contributed by atoms with van der Waals surface area (Å²) in [4.78, 5) is 29.3. The number of rotatable bonds is 6. The van der Waals surface area contributed by atoms with E-state index in [-0.39, 0.29) is 18.3 Å².